The fourth-order valence-corrected chi connectivity index (χ4v) is 3.63. The number of pyridine rings is 1. The van der Waals surface area contributed by atoms with E-state index in [4.69, 9.17) is 4.74 Å². The molecule has 0 bridgehead atoms. The molecule has 3 heterocycles. The van der Waals surface area contributed by atoms with Crippen LogP contribution in [0.1, 0.15) is 53.3 Å². The number of thiazole rings is 1. The zero-order valence-corrected chi connectivity index (χ0v) is 14.4. The minimum atomic E-state index is -0.124. The van der Waals surface area contributed by atoms with Gasteiger partial charge in [0.1, 0.15) is 11.8 Å². The molecule has 1 saturated heterocycles. The third kappa shape index (κ3) is 3.28. The van der Waals surface area contributed by atoms with Gasteiger partial charge in [0, 0.05) is 42.9 Å². The molecule has 2 aromatic heterocycles. The number of ether oxygens (including phenoxy) is 1. The maximum atomic E-state index is 12.7. The standard InChI is InChI=1S/C17H21N3O2S/c1-11(2)16-19-13(10-23-16)17(21)20(3)14-6-8-22-15(14)12-5-4-7-18-9-12/h4-5,7,9-11,14-15H,6,8H2,1-3H3/t14-,15+/m0/s1. The van der Waals surface area contributed by atoms with Crippen LogP contribution in [-0.4, -0.2) is 40.5 Å². The predicted molar refractivity (Wildman–Crippen MR) is 89.6 cm³/mol. The fourth-order valence-electron chi connectivity index (χ4n) is 2.82. The Bertz CT molecular complexity index is 671. The molecule has 23 heavy (non-hydrogen) atoms. The summed E-state index contributed by atoms with van der Waals surface area (Å²) >= 11 is 1.54. The Balaban J connectivity index is 1.78. The average Bonchev–Trinajstić information content (AvgIpc) is 3.23. The molecule has 0 aliphatic carbocycles. The molecule has 6 heteroatoms. The summed E-state index contributed by atoms with van der Waals surface area (Å²) < 4.78 is 5.85. The van der Waals surface area contributed by atoms with Gasteiger partial charge in [0.25, 0.3) is 5.91 Å². The van der Waals surface area contributed by atoms with Crippen LogP contribution >= 0.6 is 11.3 Å². The maximum Gasteiger partial charge on any atom is 0.273 e. The minimum Gasteiger partial charge on any atom is -0.371 e. The Labute approximate surface area is 140 Å². The molecular formula is C17H21N3O2S. The van der Waals surface area contributed by atoms with E-state index in [2.05, 4.69) is 23.8 Å². The number of nitrogens with zero attached hydrogens (tertiary/aromatic N) is 3. The highest BCUT2D eigenvalue weighted by Gasteiger charge is 2.35. The van der Waals surface area contributed by atoms with Crippen molar-refractivity contribution < 1.29 is 9.53 Å². The normalized spacial score (nSPS) is 20.9. The lowest BCUT2D eigenvalue weighted by atomic mass is 10.0. The molecule has 1 fully saturated rings. The molecule has 0 spiro atoms. The van der Waals surface area contributed by atoms with E-state index in [1.807, 2.05) is 24.6 Å². The first-order valence-corrected chi connectivity index (χ1v) is 8.70. The zero-order chi connectivity index (χ0) is 16.4. The molecule has 0 unspecified atom stereocenters. The van der Waals surface area contributed by atoms with Crippen LogP contribution in [0, 0.1) is 0 Å². The van der Waals surface area contributed by atoms with Crippen molar-refractivity contribution in [1.29, 1.82) is 0 Å². The number of amides is 1. The third-order valence-corrected chi connectivity index (χ3v) is 5.27. The number of hydrogen-bond acceptors (Lipinski definition) is 5. The van der Waals surface area contributed by atoms with Crippen molar-refractivity contribution >= 4 is 17.2 Å². The van der Waals surface area contributed by atoms with Crippen molar-refractivity contribution in [3.63, 3.8) is 0 Å². The van der Waals surface area contributed by atoms with Gasteiger partial charge in [0.15, 0.2) is 0 Å². The highest BCUT2D eigenvalue weighted by Crippen LogP contribution is 2.32. The first kappa shape index (κ1) is 16.1. The maximum absolute atomic E-state index is 12.7. The molecule has 2 atom stereocenters. The van der Waals surface area contributed by atoms with Gasteiger partial charge in [-0.15, -0.1) is 11.3 Å². The van der Waals surface area contributed by atoms with Crippen LogP contribution in [0.3, 0.4) is 0 Å². The lowest BCUT2D eigenvalue weighted by Gasteiger charge is -2.28. The smallest absolute Gasteiger partial charge is 0.273 e. The van der Waals surface area contributed by atoms with Gasteiger partial charge in [-0.1, -0.05) is 19.9 Å². The Morgan fingerprint density at radius 1 is 1.48 bits per heavy atom. The Hall–Kier alpha value is -1.79. The first-order valence-electron chi connectivity index (χ1n) is 7.82. The molecule has 1 amide bonds. The summed E-state index contributed by atoms with van der Waals surface area (Å²) in [6.07, 6.45) is 4.25. The molecule has 1 aliphatic heterocycles. The summed E-state index contributed by atoms with van der Waals surface area (Å²) in [6.45, 7) is 4.82. The fraction of sp³-hybridized carbons (Fsp3) is 0.471. The van der Waals surface area contributed by atoms with E-state index in [-0.39, 0.29) is 18.1 Å². The quantitative estimate of drug-likeness (QED) is 0.863. The van der Waals surface area contributed by atoms with Crippen LogP contribution < -0.4 is 0 Å². The van der Waals surface area contributed by atoms with Crippen molar-refractivity contribution in [2.75, 3.05) is 13.7 Å². The molecule has 1 aliphatic rings. The van der Waals surface area contributed by atoms with E-state index in [1.165, 1.54) is 0 Å². The second-order valence-corrected chi connectivity index (χ2v) is 6.97. The second kappa shape index (κ2) is 6.76. The summed E-state index contributed by atoms with van der Waals surface area (Å²) in [7, 11) is 1.83. The Morgan fingerprint density at radius 3 is 2.96 bits per heavy atom. The highest BCUT2D eigenvalue weighted by molar-refractivity contribution is 7.09. The van der Waals surface area contributed by atoms with Crippen molar-refractivity contribution in [3.05, 3.63) is 46.2 Å². The molecule has 3 rings (SSSR count). The number of likely N-dealkylation sites (N-methyl/N-ethyl adjacent to an activating group) is 1. The first-order chi connectivity index (χ1) is 11.1. The number of carbonyl (C=O) groups excluding carboxylic acids is 1. The lowest BCUT2D eigenvalue weighted by molar-refractivity contribution is 0.0511. The molecule has 0 N–H and O–H groups in total. The van der Waals surface area contributed by atoms with E-state index in [1.54, 1.807) is 28.6 Å². The third-order valence-electron chi connectivity index (χ3n) is 4.13. The van der Waals surface area contributed by atoms with Gasteiger partial charge in [-0.05, 0) is 12.5 Å². The van der Waals surface area contributed by atoms with Gasteiger partial charge < -0.3 is 9.64 Å². The molecular weight excluding hydrogens is 310 g/mol. The number of aromatic nitrogens is 2. The summed E-state index contributed by atoms with van der Waals surface area (Å²) in [6, 6.07) is 3.90. The van der Waals surface area contributed by atoms with Gasteiger partial charge in [-0.3, -0.25) is 9.78 Å². The monoisotopic (exact) mass is 331 g/mol. The van der Waals surface area contributed by atoms with Crippen molar-refractivity contribution in [1.82, 2.24) is 14.9 Å². The molecule has 0 saturated carbocycles. The van der Waals surface area contributed by atoms with Crippen LogP contribution in [0.25, 0.3) is 0 Å². The van der Waals surface area contributed by atoms with Gasteiger partial charge >= 0.3 is 0 Å². The van der Waals surface area contributed by atoms with E-state index in [9.17, 15) is 4.79 Å². The SMILES string of the molecule is CC(C)c1nc(C(=O)N(C)[C@H]2CCO[C@@H]2c2cccnc2)cs1. The van der Waals surface area contributed by atoms with Gasteiger partial charge in [0.05, 0.1) is 11.0 Å². The average molecular weight is 331 g/mol. The van der Waals surface area contributed by atoms with Crippen LogP contribution in [0.15, 0.2) is 29.9 Å². The topological polar surface area (TPSA) is 55.3 Å². The summed E-state index contributed by atoms with van der Waals surface area (Å²) in [5, 5.41) is 2.84. The summed E-state index contributed by atoms with van der Waals surface area (Å²) in [5.74, 6) is 0.294. The largest absolute Gasteiger partial charge is 0.371 e. The van der Waals surface area contributed by atoms with E-state index in [0.29, 0.717) is 18.2 Å². The van der Waals surface area contributed by atoms with Crippen LogP contribution in [0.2, 0.25) is 0 Å². The summed E-state index contributed by atoms with van der Waals surface area (Å²) in [4.78, 5) is 23.1. The highest BCUT2D eigenvalue weighted by atomic mass is 32.1. The number of carbonyl (C=O) groups is 1. The predicted octanol–water partition coefficient (Wildman–Crippen LogP) is 3.26. The molecule has 0 radical (unpaired) electrons. The van der Waals surface area contributed by atoms with Crippen molar-refractivity contribution in [2.24, 2.45) is 0 Å². The second-order valence-electron chi connectivity index (χ2n) is 6.08. The summed E-state index contributed by atoms with van der Waals surface area (Å²) in [5.41, 5.74) is 1.54. The van der Waals surface area contributed by atoms with E-state index < -0.39 is 0 Å². The Morgan fingerprint density at radius 2 is 2.30 bits per heavy atom. The van der Waals surface area contributed by atoms with Gasteiger partial charge in [-0.2, -0.15) is 0 Å². The lowest BCUT2D eigenvalue weighted by Crippen LogP contribution is -2.39. The Kier molecular flexibility index (Phi) is 4.73. The van der Waals surface area contributed by atoms with Gasteiger partial charge in [-0.25, -0.2) is 4.98 Å². The zero-order valence-electron chi connectivity index (χ0n) is 13.6. The van der Waals surface area contributed by atoms with Crippen LogP contribution in [-0.2, 0) is 4.74 Å². The van der Waals surface area contributed by atoms with E-state index >= 15 is 0 Å². The van der Waals surface area contributed by atoms with Crippen LogP contribution in [0.4, 0.5) is 0 Å². The van der Waals surface area contributed by atoms with Gasteiger partial charge in [0.2, 0.25) is 0 Å². The molecule has 0 aromatic carbocycles. The van der Waals surface area contributed by atoms with Crippen LogP contribution in [0.5, 0.6) is 0 Å². The van der Waals surface area contributed by atoms with Crippen molar-refractivity contribution in [2.45, 2.75) is 38.3 Å². The minimum absolute atomic E-state index is 0.0101. The molecule has 122 valence electrons. The molecule has 2 aromatic rings. The number of hydrogen-bond donors (Lipinski definition) is 0. The van der Waals surface area contributed by atoms with Crippen molar-refractivity contribution in [3.8, 4) is 0 Å². The molecule has 5 nitrogen and oxygen atoms in total. The van der Waals surface area contributed by atoms with E-state index in [0.717, 1.165) is 17.0 Å². The number of rotatable bonds is 4.